The van der Waals surface area contributed by atoms with Gasteiger partial charge in [-0.05, 0) is 11.5 Å². The van der Waals surface area contributed by atoms with E-state index >= 15 is 0 Å². The van der Waals surface area contributed by atoms with E-state index in [1.54, 1.807) is 0 Å². The maximum Gasteiger partial charge on any atom is 0.0468 e. The highest BCUT2D eigenvalue weighted by molar-refractivity contribution is 5.14. The van der Waals surface area contributed by atoms with Crippen LogP contribution in [0.25, 0.3) is 0 Å². The van der Waals surface area contributed by atoms with Crippen LogP contribution in [0.5, 0.6) is 0 Å². The number of aliphatic hydroxyl groups is 1. The van der Waals surface area contributed by atoms with E-state index in [0.29, 0.717) is 5.92 Å². The van der Waals surface area contributed by atoms with Crippen molar-refractivity contribution in [1.29, 1.82) is 0 Å². The van der Waals surface area contributed by atoms with Gasteiger partial charge in [0.2, 0.25) is 0 Å². The first-order valence-electron chi connectivity index (χ1n) is 4.68. The van der Waals surface area contributed by atoms with Crippen molar-refractivity contribution in [3.8, 4) is 0 Å². The Morgan fingerprint density at radius 1 is 1.31 bits per heavy atom. The molecule has 72 valence electrons. The molecule has 0 bridgehead atoms. The van der Waals surface area contributed by atoms with Gasteiger partial charge < -0.3 is 10.4 Å². The van der Waals surface area contributed by atoms with Crippen molar-refractivity contribution in [1.82, 2.24) is 5.32 Å². The number of nitrogens with one attached hydrogen (secondary N) is 1. The van der Waals surface area contributed by atoms with Gasteiger partial charge in [0.25, 0.3) is 0 Å². The maximum absolute atomic E-state index is 8.79. The van der Waals surface area contributed by atoms with Crippen LogP contribution in [-0.4, -0.2) is 18.3 Å². The standard InChI is InChI=1S/C11H17NO/c1-10(9-13)7-12-8-11-5-3-2-4-6-11/h2-6,10,12-13H,7-9H2,1H3/t10-/m0/s1. The van der Waals surface area contributed by atoms with E-state index in [1.165, 1.54) is 5.56 Å². The van der Waals surface area contributed by atoms with E-state index in [-0.39, 0.29) is 6.61 Å². The van der Waals surface area contributed by atoms with E-state index in [1.807, 2.05) is 25.1 Å². The van der Waals surface area contributed by atoms with Gasteiger partial charge in [0.15, 0.2) is 0 Å². The Morgan fingerprint density at radius 3 is 2.62 bits per heavy atom. The first-order valence-corrected chi connectivity index (χ1v) is 4.68. The van der Waals surface area contributed by atoms with Crippen molar-refractivity contribution in [2.24, 2.45) is 5.92 Å². The van der Waals surface area contributed by atoms with E-state index in [0.717, 1.165) is 13.1 Å². The van der Waals surface area contributed by atoms with Gasteiger partial charge in [-0.3, -0.25) is 0 Å². The molecule has 0 fully saturated rings. The average Bonchev–Trinajstić information content (AvgIpc) is 2.19. The van der Waals surface area contributed by atoms with Crippen LogP contribution in [0.4, 0.5) is 0 Å². The molecule has 2 N–H and O–H groups in total. The zero-order chi connectivity index (χ0) is 9.52. The second-order valence-corrected chi connectivity index (χ2v) is 3.40. The van der Waals surface area contributed by atoms with Crippen molar-refractivity contribution >= 4 is 0 Å². The summed E-state index contributed by atoms with van der Waals surface area (Å²) >= 11 is 0. The molecule has 0 aliphatic rings. The number of hydrogen-bond donors (Lipinski definition) is 2. The molecule has 1 atom stereocenters. The van der Waals surface area contributed by atoms with E-state index in [9.17, 15) is 0 Å². The van der Waals surface area contributed by atoms with Gasteiger partial charge >= 0.3 is 0 Å². The molecule has 0 saturated heterocycles. The summed E-state index contributed by atoms with van der Waals surface area (Å²) in [6.45, 7) is 4.02. The van der Waals surface area contributed by atoms with Crippen LogP contribution in [0, 0.1) is 5.92 Å². The molecule has 0 amide bonds. The maximum atomic E-state index is 8.79. The predicted molar refractivity (Wildman–Crippen MR) is 54.4 cm³/mol. The molecule has 0 spiro atoms. The van der Waals surface area contributed by atoms with Crippen LogP contribution in [0.2, 0.25) is 0 Å². The number of rotatable bonds is 5. The minimum absolute atomic E-state index is 0.252. The van der Waals surface area contributed by atoms with Gasteiger partial charge in [-0.25, -0.2) is 0 Å². The second kappa shape index (κ2) is 5.73. The Labute approximate surface area is 79.6 Å². The molecule has 0 aliphatic heterocycles. The summed E-state index contributed by atoms with van der Waals surface area (Å²) in [5, 5.41) is 12.1. The molecule has 0 saturated carbocycles. The second-order valence-electron chi connectivity index (χ2n) is 3.40. The summed E-state index contributed by atoms with van der Waals surface area (Å²) in [6.07, 6.45) is 0. The fourth-order valence-corrected chi connectivity index (χ4v) is 1.12. The summed E-state index contributed by atoms with van der Waals surface area (Å²) in [7, 11) is 0. The minimum Gasteiger partial charge on any atom is -0.396 e. The Hall–Kier alpha value is -0.860. The fraction of sp³-hybridized carbons (Fsp3) is 0.455. The van der Waals surface area contributed by atoms with Gasteiger partial charge in [-0.1, -0.05) is 37.3 Å². The highest BCUT2D eigenvalue weighted by atomic mass is 16.3. The van der Waals surface area contributed by atoms with Gasteiger partial charge in [-0.15, -0.1) is 0 Å². The van der Waals surface area contributed by atoms with Crippen LogP contribution in [0.3, 0.4) is 0 Å². The third-order valence-corrected chi connectivity index (χ3v) is 1.98. The summed E-state index contributed by atoms with van der Waals surface area (Å²) in [5.41, 5.74) is 1.28. The van der Waals surface area contributed by atoms with Crippen LogP contribution < -0.4 is 5.32 Å². The molecule has 1 aromatic carbocycles. The van der Waals surface area contributed by atoms with Crippen molar-refractivity contribution in [2.45, 2.75) is 13.5 Å². The van der Waals surface area contributed by atoms with Gasteiger partial charge in [0, 0.05) is 19.7 Å². The zero-order valence-corrected chi connectivity index (χ0v) is 8.03. The average molecular weight is 179 g/mol. The highest BCUT2D eigenvalue weighted by Gasteiger charge is 1.98. The third-order valence-electron chi connectivity index (χ3n) is 1.98. The molecular formula is C11H17NO. The van der Waals surface area contributed by atoms with Gasteiger partial charge in [0.1, 0.15) is 0 Å². The quantitative estimate of drug-likeness (QED) is 0.716. The van der Waals surface area contributed by atoms with E-state index in [2.05, 4.69) is 17.4 Å². The topological polar surface area (TPSA) is 32.3 Å². The highest BCUT2D eigenvalue weighted by Crippen LogP contribution is 1.97. The molecule has 0 heterocycles. The van der Waals surface area contributed by atoms with Crippen LogP contribution in [0.1, 0.15) is 12.5 Å². The Kier molecular flexibility index (Phi) is 4.50. The molecule has 1 aromatic rings. The number of aliphatic hydroxyl groups excluding tert-OH is 1. The van der Waals surface area contributed by atoms with Crippen molar-refractivity contribution in [2.75, 3.05) is 13.2 Å². The largest absolute Gasteiger partial charge is 0.396 e. The monoisotopic (exact) mass is 179 g/mol. The summed E-state index contributed by atoms with van der Waals surface area (Å²) < 4.78 is 0. The Morgan fingerprint density at radius 2 is 2.00 bits per heavy atom. The minimum atomic E-state index is 0.252. The van der Waals surface area contributed by atoms with Crippen LogP contribution in [0.15, 0.2) is 30.3 Å². The van der Waals surface area contributed by atoms with E-state index < -0.39 is 0 Å². The van der Waals surface area contributed by atoms with Crippen LogP contribution in [-0.2, 0) is 6.54 Å². The summed E-state index contributed by atoms with van der Waals surface area (Å²) in [6, 6.07) is 10.3. The molecule has 2 nitrogen and oxygen atoms in total. The molecule has 0 unspecified atom stereocenters. The number of benzene rings is 1. The zero-order valence-electron chi connectivity index (χ0n) is 8.03. The molecule has 1 rings (SSSR count). The smallest absolute Gasteiger partial charge is 0.0468 e. The molecule has 0 aromatic heterocycles. The molecule has 0 radical (unpaired) electrons. The van der Waals surface area contributed by atoms with Crippen molar-refractivity contribution in [3.05, 3.63) is 35.9 Å². The fourth-order valence-electron chi connectivity index (χ4n) is 1.12. The van der Waals surface area contributed by atoms with Crippen LogP contribution >= 0.6 is 0 Å². The Bertz CT molecular complexity index is 223. The summed E-state index contributed by atoms with van der Waals surface area (Å²) in [4.78, 5) is 0. The van der Waals surface area contributed by atoms with Crippen molar-refractivity contribution in [3.63, 3.8) is 0 Å². The van der Waals surface area contributed by atoms with Gasteiger partial charge in [-0.2, -0.15) is 0 Å². The van der Waals surface area contributed by atoms with E-state index in [4.69, 9.17) is 5.11 Å². The summed E-state index contributed by atoms with van der Waals surface area (Å²) in [5.74, 6) is 0.337. The number of hydrogen-bond acceptors (Lipinski definition) is 2. The van der Waals surface area contributed by atoms with Crippen molar-refractivity contribution < 1.29 is 5.11 Å². The first kappa shape index (κ1) is 10.2. The van der Waals surface area contributed by atoms with Gasteiger partial charge in [0.05, 0.1) is 0 Å². The molecule has 2 heteroatoms. The SMILES string of the molecule is C[C@H](CO)CNCc1ccccc1. The Balaban J connectivity index is 2.20. The molecule has 0 aliphatic carbocycles. The predicted octanol–water partition coefficient (Wildman–Crippen LogP) is 1.40. The lowest BCUT2D eigenvalue weighted by Crippen LogP contribution is -2.22. The molecular weight excluding hydrogens is 162 g/mol. The third kappa shape index (κ3) is 4.06. The lowest BCUT2D eigenvalue weighted by Gasteiger charge is -2.09. The lowest BCUT2D eigenvalue weighted by atomic mass is 10.2. The lowest BCUT2D eigenvalue weighted by molar-refractivity contribution is 0.233. The molecule has 13 heavy (non-hydrogen) atoms. The first-order chi connectivity index (χ1) is 6.33. The normalized spacial score (nSPS) is 12.8.